The highest BCUT2D eigenvalue weighted by atomic mass is 35.5. The van der Waals surface area contributed by atoms with E-state index in [4.69, 9.17) is 11.6 Å². The third-order valence-electron chi connectivity index (χ3n) is 3.75. The Labute approximate surface area is 134 Å². The average molecular weight is 327 g/mol. The molecule has 1 N–H and O–H groups in total. The van der Waals surface area contributed by atoms with Crippen LogP contribution in [0, 0.1) is 5.92 Å². The molecular weight excluding hydrogens is 304 g/mol. The summed E-state index contributed by atoms with van der Waals surface area (Å²) in [5.41, 5.74) is 0.106. The normalized spacial score (nSPS) is 11.7. The van der Waals surface area contributed by atoms with Crippen molar-refractivity contribution >= 4 is 22.8 Å². The van der Waals surface area contributed by atoms with Crippen molar-refractivity contribution in [2.75, 3.05) is 0 Å². The Balaban J connectivity index is 2.64. The van der Waals surface area contributed by atoms with Crippen molar-refractivity contribution in [3.8, 4) is 0 Å². The second-order valence-corrected chi connectivity index (χ2v) is 6.20. The van der Waals surface area contributed by atoms with Crippen molar-refractivity contribution in [2.24, 2.45) is 5.92 Å². The predicted octanol–water partition coefficient (Wildman–Crippen LogP) is 2.47. The topological polar surface area (TPSA) is 72.7 Å². The van der Waals surface area contributed by atoms with E-state index in [1.165, 1.54) is 0 Å². The van der Waals surface area contributed by atoms with Crippen molar-refractivity contribution < 1.29 is 0 Å². The number of H-pyrrole nitrogens is 1. The zero-order chi connectivity index (χ0) is 16.3. The molecular formula is C15H23ClN4O2. The van der Waals surface area contributed by atoms with Crippen LogP contribution in [0.2, 0.25) is 0 Å². The Hall–Kier alpha value is -1.56. The predicted molar refractivity (Wildman–Crippen MR) is 88.5 cm³/mol. The highest BCUT2D eigenvalue weighted by Crippen LogP contribution is 2.16. The Morgan fingerprint density at radius 3 is 2.55 bits per heavy atom. The van der Waals surface area contributed by atoms with Crippen LogP contribution in [0.1, 0.15) is 45.9 Å². The fourth-order valence-electron chi connectivity index (χ4n) is 2.47. The number of rotatable bonds is 7. The molecule has 0 atom stereocenters. The largest absolute Gasteiger partial charge is 0.330 e. The Morgan fingerprint density at radius 2 is 1.95 bits per heavy atom. The molecule has 2 aromatic rings. The SMILES string of the molecule is CCCCn1c(=O)[nH]c(=O)c2c1nc(CCl)n2CCC(C)C. The molecule has 0 aliphatic carbocycles. The van der Waals surface area contributed by atoms with Gasteiger partial charge in [-0.05, 0) is 18.8 Å². The van der Waals surface area contributed by atoms with Crippen molar-refractivity contribution in [2.45, 2.75) is 59.0 Å². The molecule has 0 aromatic carbocycles. The van der Waals surface area contributed by atoms with Gasteiger partial charge in [-0.1, -0.05) is 27.2 Å². The molecule has 0 fully saturated rings. The summed E-state index contributed by atoms with van der Waals surface area (Å²) in [6.45, 7) is 7.53. The number of aryl methyl sites for hydroxylation is 2. The molecule has 0 amide bonds. The lowest BCUT2D eigenvalue weighted by Crippen LogP contribution is -2.31. The summed E-state index contributed by atoms with van der Waals surface area (Å²) in [5, 5.41) is 0. The van der Waals surface area contributed by atoms with E-state index in [1.54, 1.807) is 4.57 Å². The molecule has 6 nitrogen and oxygen atoms in total. The monoisotopic (exact) mass is 326 g/mol. The molecule has 2 aromatic heterocycles. The molecule has 122 valence electrons. The summed E-state index contributed by atoms with van der Waals surface area (Å²) in [5.74, 6) is 1.36. The maximum atomic E-state index is 12.2. The molecule has 0 saturated carbocycles. The van der Waals surface area contributed by atoms with Crippen molar-refractivity contribution in [3.63, 3.8) is 0 Å². The van der Waals surface area contributed by atoms with Crippen LogP contribution < -0.4 is 11.2 Å². The third-order valence-corrected chi connectivity index (χ3v) is 3.99. The van der Waals surface area contributed by atoms with Crippen LogP contribution in [0.15, 0.2) is 9.59 Å². The van der Waals surface area contributed by atoms with Gasteiger partial charge in [-0.25, -0.2) is 9.78 Å². The number of halogens is 1. The van der Waals surface area contributed by atoms with E-state index in [1.807, 2.05) is 4.57 Å². The zero-order valence-corrected chi connectivity index (χ0v) is 14.1. The second-order valence-electron chi connectivity index (χ2n) is 5.93. The minimum Gasteiger partial charge on any atom is -0.321 e. The Bertz CT molecular complexity index is 757. The summed E-state index contributed by atoms with van der Waals surface area (Å²) in [6.07, 6.45) is 2.74. The number of alkyl halides is 1. The lowest BCUT2D eigenvalue weighted by molar-refractivity contribution is 0.515. The zero-order valence-electron chi connectivity index (χ0n) is 13.4. The second kappa shape index (κ2) is 7.13. The summed E-state index contributed by atoms with van der Waals surface area (Å²) in [4.78, 5) is 31.2. The van der Waals surface area contributed by atoms with Gasteiger partial charge in [0.1, 0.15) is 5.82 Å². The van der Waals surface area contributed by atoms with Crippen LogP contribution in [-0.4, -0.2) is 19.1 Å². The van der Waals surface area contributed by atoms with E-state index < -0.39 is 5.69 Å². The van der Waals surface area contributed by atoms with Crippen LogP contribution in [0.4, 0.5) is 0 Å². The number of aromatic nitrogens is 4. The molecule has 2 heterocycles. The summed E-state index contributed by atoms with van der Waals surface area (Å²) < 4.78 is 3.39. The minimum atomic E-state index is -0.402. The van der Waals surface area contributed by atoms with Crippen molar-refractivity contribution in [3.05, 3.63) is 26.7 Å². The van der Waals surface area contributed by atoms with Gasteiger partial charge in [0.2, 0.25) is 0 Å². The Morgan fingerprint density at radius 1 is 1.23 bits per heavy atom. The molecule has 22 heavy (non-hydrogen) atoms. The first-order valence-electron chi connectivity index (χ1n) is 7.77. The smallest absolute Gasteiger partial charge is 0.321 e. The Kier molecular flexibility index (Phi) is 5.45. The highest BCUT2D eigenvalue weighted by Gasteiger charge is 2.17. The molecule has 0 spiro atoms. The van der Waals surface area contributed by atoms with E-state index in [-0.39, 0.29) is 11.4 Å². The van der Waals surface area contributed by atoms with Gasteiger partial charge in [-0.3, -0.25) is 14.3 Å². The molecule has 2 rings (SSSR count). The van der Waals surface area contributed by atoms with Crippen LogP contribution >= 0.6 is 11.6 Å². The first-order valence-corrected chi connectivity index (χ1v) is 8.31. The number of nitrogens with one attached hydrogen (secondary N) is 1. The third kappa shape index (κ3) is 3.27. The first-order chi connectivity index (χ1) is 10.5. The number of hydrogen-bond acceptors (Lipinski definition) is 3. The fraction of sp³-hybridized carbons (Fsp3) is 0.667. The molecule has 7 heteroatoms. The van der Waals surface area contributed by atoms with Gasteiger partial charge < -0.3 is 4.57 Å². The van der Waals surface area contributed by atoms with Gasteiger partial charge in [0.25, 0.3) is 5.56 Å². The van der Waals surface area contributed by atoms with E-state index in [0.717, 1.165) is 19.3 Å². The maximum absolute atomic E-state index is 12.2. The number of hydrogen-bond donors (Lipinski definition) is 1. The van der Waals surface area contributed by atoms with Crippen LogP contribution in [0.3, 0.4) is 0 Å². The van der Waals surface area contributed by atoms with Gasteiger partial charge in [0, 0.05) is 13.1 Å². The summed E-state index contributed by atoms with van der Waals surface area (Å²) >= 11 is 5.98. The van der Waals surface area contributed by atoms with Gasteiger partial charge in [-0.2, -0.15) is 0 Å². The van der Waals surface area contributed by atoms with Crippen molar-refractivity contribution in [1.82, 2.24) is 19.1 Å². The standard InChI is InChI=1S/C15H23ClN4O2/c1-4-5-7-20-13-12(14(21)18-15(20)22)19(8-6-10(2)3)11(9-16)17-13/h10H,4-9H2,1-3H3,(H,18,21,22). The average Bonchev–Trinajstić information content (AvgIpc) is 2.83. The lowest BCUT2D eigenvalue weighted by Gasteiger charge is -2.09. The molecule has 0 bridgehead atoms. The fourth-order valence-corrected chi connectivity index (χ4v) is 2.68. The summed E-state index contributed by atoms with van der Waals surface area (Å²) in [7, 11) is 0. The highest BCUT2D eigenvalue weighted by molar-refractivity contribution is 6.16. The quantitative estimate of drug-likeness (QED) is 0.794. The van der Waals surface area contributed by atoms with Gasteiger partial charge in [-0.15, -0.1) is 11.6 Å². The number of imidazole rings is 1. The number of nitrogens with zero attached hydrogens (tertiary/aromatic N) is 3. The number of aromatic amines is 1. The van der Waals surface area contributed by atoms with Gasteiger partial charge >= 0.3 is 5.69 Å². The van der Waals surface area contributed by atoms with Gasteiger partial charge in [0.15, 0.2) is 11.2 Å². The molecule has 0 saturated heterocycles. The lowest BCUT2D eigenvalue weighted by atomic mass is 10.1. The number of fused-ring (bicyclic) bond motifs is 1. The minimum absolute atomic E-state index is 0.216. The van der Waals surface area contributed by atoms with Crippen molar-refractivity contribution in [1.29, 1.82) is 0 Å². The number of unbranched alkanes of at least 4 members (excludes halogenated alkanes) is 1. The van der Waals surface area contributed by atoms with E-state index in [0.29, 0.717) is 36.0 Å². The molecule has 0 unspecified atom stereocenters. The van der Waals surface area contributed by atoms with E-state index in [9.17, 15) is 9.59 Å². The van der Waals surface area contributed by atoms with E-state index >= 15 is 0 Å². The maximum Gasteiger partial charge on any atom is 0.330 e. The first kappa shape index (κ1) is 16.8. The van der Waals surface area contributed by atoms with E-state index in [2.05, 4.69) is 30.7 Å². The molecule has 0 aliphatic heterocycles. The van der Waals surface area contributed by atoms with Gasteiger partial charge in [0.05, 0.1) is 5.88 Å². The van der Waals surface area contributed by atoms with Crippen LogP contribution in [0.5, 0.6) is 0 Å². The summed E-state index contributed by atoms with van der Waals surface area (Å²) in [6, 6.07) is 0. The molecule has 0 aliphatic rings. The molecule has 0 radical (unpaired) electrons. The van der Waals surface area contributed by atoms with Crippen LogP contribution in [0.25, 0.3) is 11.2 Å². The van der Waals surface area contributed by atoms with Crippen LogP contribution in [-0.2, 0) is 19.0 Å².